The third-order valence-electron chi connectivity index (χ3n) is 0. The molecule has 0 aromatic rings. The van der Waals surface area contributed by atoms with Crippen molar-refractivity contribution in [3.63, 3.8) is 0 Å². The van der Waals surface area contributed by atoms with E-state index in [0.29, 0.717) is 0 Å². The van der Waals surface area contributed by atoms with E-state index in [-0.39, 0.29) is 92.9 Å². The Morgan fingerprint density at radius 2 is 0.273 bits per heavy atom. The fraction of sp³-hybridized carbons (Fsp3) is 0. The molecule has 0 fully saturated rings. The maximum Gasteiger partial charge on any atom is 3.00 e. The molecule has 0 unspecified atom stereocenters. The normalized spacial score (nSPS) is 0. The minimum absolute atomic E-state index is 0. The minimum atomic E-state index is 0. The van der Waals surface area contributed by atoms with E-state index in [1.54, 1.807) is 0 Å². The second-order valence-corrected chi connectivity index (χ2v) is 0. The summed E-state index contributed by atoms with van der Waals surface area (Å²) in [6.45, 7) is 0. The van der Waals surface area contributed by atoms with Crippen LogP contribution in [0.1, 0.15) is 0 Å². The van der Waals surface area contributed by atoms with Crippen molar-refractivity contribution < 1.29 is 92.9 Å². The fourth-order valence-corrected chi connectivity index (χ4v) is 0. The van der Waals surface area contributed by atoms with E-state index < -0.39 is 0 Å². The van der Waals surface area contributed by atoms with Gasteiger partial charge in [0.2, 0.25) is 0 Å². The van der Waals surface area contributed by atoms with Gasteiger partial charge in [-0.25, -0.2) is 0 Å². The fourth-order valence-electron chi connectivity index (χ4n) is 0. The first-order valence-electron chi connectivity index (χ1n) is 0. The van der Waals surface area contributed by atoms with Gasteiger partial charge in [0.25, 0.3) is 0 Å². The topological polar surface area (TPSA) is 220 Å². The quantitative estimate of drug-likeness (QED) is 0.404. The van der Waals surface area contributed by atoms with Crippen LogP contribution in [0.3, 0.4) is 0 Å². The molecule has 0 aromatic carbocycles. The third kappa shape index (κ3) is 735. The molecule has 0 aliphatic heterocycles. The molecule has 0 aliphatic rings. The largest absolute Gasteiger partial charge is 3.00 e. The molecule has 0 rings (SSSR count). The molecule has 11 heavy (non-hydrogen) atoms. The van der Waals surface area contributed by atoms with Gasteiger partial charge in [0.05, 0.1) is 0 Å². The van der Waals surface area contributed by atoms with Crippen LogP contribution in [-0.4, -0.2) is 38.3 Å². The van der Waals surface area contributed by atoms with Gasteiger partial charge in [-0.3, -0.25) is 0 Å². The molecule has 7 nitrogen and oxygen atoms in total. The molecular formula is H14Cl3CrO7. The van der Waals surface area contributed by atoms with Crippen LogP contribution in [0.2, 0.25) is 0 Å². The predicted molar refractivity (Wildman–Crippen MR) is 25.3 cm³/mol. The first-order valence-corrected chi connectivity index (χ1v) is 0. The molecule has 0 heterocycles. The monoisotopic (exact) mass is 283 g/mol. The van der Waals surface area contributed by atoms with Gasteiger partial charge in [0.15, 0.2) is 0 Å². The van der Waals surface area contributed by atoms with Crippen LogP contribution in [0.5, 0.6) is 0 Å². The Balaban J connectivity index is 0. The Hall–Kier alpha value is 1.12. The van der Waals surface area contributed by atoms with Gasteiger partial charge in [-0.15, -0.1) is 0 Å². The summed E-state index contributed by atoms with van der Waals surface area (Å²) in [5.41, 5.74) is 0. The van der Waals surface area contributed by atoms with Gasteiger partial charge in [0, 0.05) is 0 Å². The second kappa shape index (κ2) is 905. The van der Waals surface area contributed by atoms with Crippen LogP contribution in [0.4, 0.5) is 0 Å². The molecule has 0 atom stereocenters. The van der Waals surface area contributed by atoms with E-state index >= 15 is 0 Å². The van der Waals surface area contributed by atoms with Crippen molar-refractivity contribution >= 4 is 0 Å². The van der Waals surface area contributed by atoms with Crippen LogP contribution in [0.25, 0.3) is 0 Å². The number of rotatable bonds is 0. The zero-order valence-corrected chi connectivity index (χ0v) is 8.58. The Labute approximate surface area is 93.1 Å². The van der Waals surface area contributed by atoms with Crippen LogP contribution in [0.15, 0.2) is 0 Å². The summed E-state index contributed by atoms with van der Waals surface area (Å²) in [4.78, 5) is 0. The summed E-state index contributed by atoms with van der Waals surface area (Å²) < 4.78 is 0. The van der Waals surface area contributed by atoms with Crippen LogP contribution < -0.4 is 37.2 Å². The van der Waals surface area contributed by atoms with Gasteiger partial charge in [-0.05, 0) is 0 Å². The van der Waals surface area contributed by atoms with E-state index in [0.717, 1.165) is 0 Å². The summed E-state index contributed by atoms with van der Waals surface area (Å²) in [6.07, 6.45) is 0. The number of hydrogen-bond acceptors (Lipinski definition) is 0. The molecular weight excluding hydrogens is 270 g/mol. The SMILES string of the molecule is O.O.O.O.O.O.O.[Cl-].[Cl-].[Cl-].[Cr+3]. The maximum atomic E-state index is 0. The molecule has 0 bridgehead atoms. The predicted octanol–water partition coefficient (Wildman–Crippen LogP) is -14.8. The zero-order valence-electron chi connectivity index (χ0n) is 5.04. The first-order chi connectivity index (χ1) is 0. The molecule has 1 radical (unpaired) electrons. The van der Waals surface area contributed by atoms with Gasteiger partial charge in [0.1, 0.15) is 0 Å². The average molecular weight is 284 g/mol. The summed E-state index contributed by atoms with van der Waals surface area (Å²) in [5, 5.41) is 0. The van der Waals surface area contributed by atoms with Gasteiger partial charge < -0.3 is 75.6 Å². The summed E-state index contributed by atoms with van der Waals surface area (Å²) in [5.74, 6) is 0. The Bertz CT molecular complexity index is 13.6. The van der Waals surface area contributed by atoms with Crippen molar-refractivity contribution in [2.24, 2.45) is 0 Å². The molecule has 0 aliphatic carbocycles. The smallest absolute Gasteiger partial charge is 1.00 e. The molecule has 83 valence electrons. The Morgan fingerprint density at radius 3 is 0.273 bits per heavy atom. The molecule has 0 saturated heterocycles. The van der Waals surface area contributed by atoms with Gasteiger partial charge >= 0.3 is 17.4 Å². The summed E-state index contributed by atoms with van der Waals surface area (Å²) in [7, 11) is 0. The Morgan fingerprint density at radius 1 is 0.273 bits per heavy atom. The number of hydrogen-bond donors (Lipinski definition) is 0. The zero-order chi connectivity index (χ0) is 0. The van der Waals surface area contributed by atoms with E-state index in [1.807, 2.05) is 0 Å². The maximum absolute atomic E-state index is 0. The number of halogens is 3. The van der Waals surface area contributed by atoms with Crippen LogP contribution in [0, 0.1) is 0 Å². The van der Waals surface area contributed by atoms with E-state index in [1.165, 1.54) is 0 Å². The van der Waals surface area contributed by atoms with Crippen LogP contribution >= 0.6 is 0 Å². The standard InChI is InChI=1S/3ClH.Cr.7H2O/h3*1H;;7*1H2/q;;;+3;;;;;;;/p-3. The Kier molecular flexibility index (Phi) is 97900. The third-order valence-corrected chi connectivity index (χ3v) is 0. The van der Waals surface area contributed by atoms with E-state index in [9.17, 15) is 0 Å². The van der Waals surface area contributed by atoms with Gasteiger partial charge in [-0.2, -0.15) is 0 Å². The van der Waals surface area contributed by atoms with Gasteiger partial charge in [-0.1, -0.05) is 0 Å². The minimum Gasteiger partial charge on any atom is -1.00 e. The second-order valence-electron chi connectivity index (χ2n) is 0. The first kappa shape index (κ1) is 1190. The molecule has 0 saturated carbocycles. The van der Waals surface area contributed by atoms with E-state index in [4.69, 9.17) is 0 Å². The average Bonchev–Trinajstić information content (AvgIpc) is 0. The van der Waals surface area contributed by atoms with Crippen molar-refractivity contribution in [1.82, 2.24) is 0 Å². The van der Waals surface area contributed by atoms with Crippen molar-refractivity contribution in [3.8, 4) is 0 Å². The summed E-state index contributed by atoms with van der Waals surface area (Å²) in [6, 6.07) is 0. The van der Waals surface area contributed by atoms with Crippen molar-refractivity contribution in [1.29, 1.82) is 0 Å². The molecule has 11 heteroatoms. The van der Waals surface area contributed by atoms with Crippen molar-refractivity contribution in [2.75, 3.05) is 0 Å². The van der Waals surface area contributed by atoms with Crippen LogP contribution in [-0.2, 0) is 17.4 Å². The molecule has 0 aromatic heterocycles. The van der Waals surface area contributed by atoms with Crippen molar-refractivity contribution in [2.45, 2.75) is 0 Å². The summed E-state index contributed by atoms with van der Waals surface area (Å²) >= 11 is 0. The molecule has 0 amide bonds. The van der Waals surface area contributed by atoms with E-state index in [2.05, 4.69) is 0 Å². The van der Waals surface area contributed by atoms with Crippen molar-refractivity contribution in [3.05, 3.63) is 0 Å². The molecule has 14 N–H and O–H groups in total. The molecule has 0 spiro atoms.